The van der Waals surface area contributed by atoms with E-state index >= 15 is 0 Å². The van der Waals surface area contributed by atoms with Gasteiger partial charge in [0.15, 0.2) is 0 Å². The van der Waals surface area contributed by atoms with Crippen molar-refractivity contribution in [3.63, 3.8) is 0 Å². The molecule has 0 saturated heterocycles. The van der Waals surface area contributed by atoms with Crippen LogP contribution in [0, 0.1) is 0 Å². The minimum atomic E-state index is -0.851. The fraction of sp³-hybridized carbons (Fsp3) is 0.208. The van der Waals surface area contributed by atoms with Crippen LogP contribution in [0.25, 0.3) is 10.8 Å². The second-order valence-corrected chi connectivity index (χ2v) is 7.09. The van der Waals surface area contributed by atoms with Crippen LogP contribution in [0.1, 0.15) is 25.0 Å². The Bertz CT molecular complexity index is 1090. The summed E-state index contributed by atoms with van der Waals surface area (Å²) in [6.07, 6.45) is 1.47. The Morgan fingerprint density at radius 3 is 2.45 bits per heavy atom. The number of fused-ring (bicyclic) bond motifs is 1. The van der Waals surface area contributed by atoms with Gasteiger partial charge in [-0.25, -0.2) is 5.43 Å². The first-order chi connectivity index (χ1) is 15.0. The largest absolute Gasteiger partial charge is 0.497 e. The normalized spacial score (nSPS) is 11.0. The van der Waals surface area contributed by atoms with E-state index in [1.165, 1.54) is 6.21 Å². The van der Waals surface area contributed by atoms with Gasteiger partial charge in [-0.15, -0.1) is 0 Å². The zero-order valence-corrected chi connectivity index (χ0v) is 17.7. The molecule has 31 heavy (non-hydrogen) atoms. The Balaban J connectivity index is 1.65. The highest BCUT2D eigenvalue weighted by atomic mass is 16.5. The van der Waals surface area contributed by atoms with E-state index in [0.29, 0.717) is 5.75 Å². The van der Waals surface area contributed by atoms with E-state index in [0.717, 1.165) is 27.6 Å². The Morgan fingerprint density at radius 1 is 1.00 bits per heavy atom. The van der Waals surface area contributed by atoms with Crippen molar-refractivity contribution < 1.29 is 19.1 Å². The molecule has 160 valence electrons. The molecule has 0 aliphatic rings. The topological polar surface area (TPSA) is 89.0 Å². The number of hydrazone groups is 1. The number of hydrogen-bond donors (Lipinski definition) is 2. The van der Waals surface area contributed by atoms with E-state index < -0.39 is 11.8 Å². The molecule has 2 amide bonds. The number of nitrogens with zero attached hydrogens (tertiary/aromatic N) is 1. The van der Waals surface area contributed by atoms with Crippen molar-refractivity contribution in [3.05, 3.63) is 71.8 Å². The molecule has 0 spiro atoms. The number of amides is 2. The smallest absolute Gasteiger partial charge is 0.329 e. The molecule has 0 heterocycles. The predicted octanol–water partition coefficient (Wildman–Crippen LogP) is 3.40. The highest BCUT2D eigenvalue weighted by molar-refractivity contribution is 6.35. The van der Waals surface area contributed by atoms with Gasteiger partial charge in [0.1, 0.15) is 11.5 Å². The maximum Gasteiger partial charge on any atom is 0.329 e. The van der Waals surface area contributed by atoms with Crippen molar-refractivity contribution in [2.24, 2.45) is 5.10 Å². The predicted molar refractivity (Wildman–Crippen MR) is 120 cm³/mol. The second kappa shape index (κ2) is 10.2. The van der Waals surface area contributed by atoms with Crippen LogP contribution in [0.3, 0.4) is 0 Å². The van der Waals surface area contributed by atoms with E-state index in [1.54, 1.807) is 19.2 Å². The van der Waals surface area contributed by atoms with Crippen molar-refractivity contribution >= 4 is 28.8 Å². The minimum Gasteiger partial charge on any atom is -0.497 e. The number of hydrogen-bond acceptors (Lipinski definition) is 5. The van der Waals surface area contributed by atoms with Gasteiger partial charge in [-0.3, -0.25) is 9.59 Å². The van der Waals surface area contributed by atoms with Gasteiger partial charge in [0.2, 0.25) is 0 Å². The number of carbonyl (C=O) groups is 2. The standard InChI is InChI=1S/C24H25N3O4/c1-16(2)31-22-13-10-18-6-4-5-7-20(18)21(22)15-26-27-24(29)23(28)25-14-17-8-11-19(30-3)12-9-17/h4-13,15-16H,14H2,1-3H3,(H,25,28)(H,27,29)/b26-15-. The van der Waals surface area contributed by atoms with Crippen LogP contribution in [0.4, 0.5) is 0 Å². The highest BCUT2D eigenvalue weighted by Gasteiger charge is 2.13. The molecule has 7 nitrogen and oxygen atoms in total. The number of methoxy groups -OCH3 is 1. The van der Waals surface area contributed by atoms with Crippen LogP contribution in [0.5, 0.6) is 11.5 Å². The fourth-order valence-electron chi connectivity index (χ4n) is 2.98. The lowest BCUT2D eigenvalue weighted by atomic mass is 10.0. The molecule has 0 atom stereocenters. The Labute approximate surface area is 181 Å². The molecule has 0 bridgehead atoms. The third-order valence-corrected chi connectivity index (χ3v) is 4.47. The number of carbonyl (C=O) groups excluding carboxylic acids is 2. The third-order valence-electron chi connectivity index (χ3n) is 4.47. The monoisotopic (exact) mass is 419 g/mol. The molecule has 0 aromatic heterocycles. The van der Waals surface area contributed by atoms with Crippen molar-refractivity contribution in [3.8, 4) is 11.5 Å². The summed E-state index contributed by atoms with van der Waals surface area (Å²) in [5.74, 6) is -0.257. The molecule has 2 N–H and O–H groups in total. The molecule has 0 unspecified atom stereocenters. The van der Waals surface area contributed by atoms with Crippen LogP contribution < -0.4 is 20.2 Å². The van der Waals surface area contributed by atoms with Crippen LogP contribution in [0.2, 0.25) is 0 Å². The van der Waals surface area contributed by atoms with Crippen LogP contribution >= 0.6 is 0 Å². The summed E-state index contributed by atoms with van der Waals surface area (Å²) in [5, 5.41) is 8.49. The zero-order chi connectivity index (χ0) is 22.2. The van der Waals surface area contributed by atoms with Gasteiger partial charge in [0.25, 0.3) is 0 Å². The quantitative estimate of drug-likeness (QED) is 0.349. The lowest BCUT2D eigenvalue weighted by Gasteiger charge is -2.14. The molecule has 7 heteroatoms. The van der Waals surface area contributed by atoms with Crippen LogP contribution in [-0.2, 0) is 16.1 Å². The van der Waals surface area contributed by atoms with E-state index in [4.69, 9.17) is 9.47 Å². The van der Waals surface area contributed by atoms with E-state index in [-0.39, 0.29) is 12.6 Å². The molecule has 3 aromatic carbocycles. The van der Waals surface area contributed by atoms with Crippen molar-refractivity contribution in [1.82, 2.24) is 10.7 Å². The maximum atomic E-state index is 12.1. The minimum absolute atomic E-state index is 0.0216. The second-order valence-electron chi connectivity index (χ2n) is 7.09. The summed E-state index contributed by atoms with van der Waals surface area (Å²) >= 11 is 0. The summed E-state index contributed by atoms with van der Waals surface area (Å²) in [6, 6.07) is 18.8. The molecule has 3 rings (SSSR count). The number of benzene rings is 3. The summed E-state index contributed by atoms with van der Waals surface area (Å²) in [5.41, 5.74) is 3.85. The molecule has 0 aliphatic heterocycles. The summed E-state index contributed by atoms with van der Waals surface area (Å²) in [7, 11) is 1.58. The third kappa shape index (κ3) is 5.82. The summed E-state index contributed by atoms with van der Waals surface area (Å²) in [4.78, 5) is 24.2. The summed E-state index contributed by atoms with van der Waals surface area (Å²) < 4.78 is 11.0. The zero-order valence-electron chi connectivity index (χ0n) is 17.7. The van der Waals surface area contributed by atoms with Gasteiger partial charge in [-0.1, -0.05) is 42.5 Å². The highest BCUT2D eigenvalue weighted by Crippen LogP contribution is 2.27. The average molecular weight is 419 g/mol. The van der Waals surface area contributed by atoms with Crippen LogP contribution in [0.15, 0.2) is 65.8 Å². The van der Waals surface area contributed by atoms with Gasteiger partial charge in [0.05, 0.1) is 19.4 Å². The SMILES string of the molecule is COc1ccc(CNC(=O)C(=O)N/N=C\c2c(OC(C)C)ccc3ccccc23)cc1. The van der Waals surface area contributed by atoms with Gasteiger partial charge < -0.3 is 14.8 Å². The summed E-state index contributed by atoms with van der Waals surface area (Å²) in [6.45, 7) is 4.09. The van der Waals surface area contributed by atoms with Crippen molar-refractivity contribution in [2.45, 2.75) is 26.5 Å². The van der Waals surface area contributed by atoms with E-state index in [2.05, 4.69) is 15.8 Å². The number of ether oxygens (including phenoxy) is 2. The molecule has 0 radical (unpaired) electrons. The Morgan fingerprint density at radius 2 is 1.74 bits per heavy atom. The Kier molecular flexibility index (Phi) is 7.22. The lowest BCUT2D eigenvalue weighted by Crippen LogP contribution is -2.37. The lowest BCUT2D eigenvalue weighted by molar-refractivity contribution is -0.139. The number of rotatable bonds is 7. The first-order valence-corrected chi connectivity index (χ1v) is 9.90. The van der Waals surface area contributed by atoms with Gasteiger partial charge in [-0.2, -0.15) is 5.10 Å². The van der Waals surface area contributed by atoms with Gasteiger partial charge in [-0.05, 0) is 48.4 Å². The average Bonchev–Trinajstić information content (AvgIpc) is 2.78. The van der Waals surface area contributed by atoms with Crippen LogP contribution in [-0.4, -0.2) is 31.2 Å². The molecule has 3 aromatic rings. The Hall–Kier alpha value is -3.87. The van der Waals surface area contributed by atoms with Crippen molar-refractivity contribution in [2.75, 3.05) is 7.11 Å². The van der Waals surface area contributed by atoms with E-state index in [1.807, 2.05) is 62.4 Å². The van der Waals surface area contributed by atoms with E-state index in [9.17, 15) is 9.59 Å². The van der Waals surface area contributed by atoms with Crippen molar-refractivity contribution in [1.29, 1.82) is 0 Å². The molecule has 0 fully saturated rings. The molecular weight excluding hydrogens is 394 g/mol. The number of nitrogens with one attached hydrogen (secondary N) is 2. The molecular formula is C24H25N3O4. The molecule has 0 aliphatic carbocycles. The van der Waals surface area contributed by atoms with Gasteiger partial charge in [0, 0.05) is 12.1 Å². The van der Waals surface area contributed by atoms with Gasteiger partial charge >= 0.3 is 11.8 Å². The fourth-order valence-corrected chi connectivity index (χ4v) is 2.98. The first-order valence-electron chi connectivity index (χ1n) is 9.90. The maximum absolute atomic E-state index is 12.1. The molecule has 0 saturated carbocycles. The first kappa shape index (κ1) is 21.8.